The summed E-state index contributed by atoms with van der Waals surface area (Å²) in [6.07, 6.45) is 2.16. The van der Waals surface area contributed by atoms with E-state index in [2.05, 4.69) is 13.8 Å². The molecule has 106 valence electrons. The van der Waals surface area contributed by atoms with Gasteiger partial charge in [-0.25, -0.2) is 0 Å². The van der Waals surface area contributed by atoms with Crippen LogP contribution in [-0.4, -0.2) is 33.1 Å². The lowest BCUT2D eigenvalue weighted by atomic mass is 9.50. The first-order chi connectivity index (χ1) is 8.20. The Kier molecular flexibility index (Phi) is 3.54. The van der Waals surface area contributed by atoms with E-state index in [-0.39, 0.29) is 17.3 Å². The molecule has 3 heteroatoms. The fraction of sp³-hybridized carbons (Fsp3) is 1.00. The van der Waals surface area contributed by atoms with Crippen molar-refractivity contribution in [2.75, 3.05) is 0 Å². The monoisotopic (exact) mass is 256 g/mol. The van der Waals surface area contributed by atoms with Gasteiger partial charge in [0, 0.05) is 11.3 Å². The summed E-state index contributed by atoms with van der Waals surface area (Å²) in [5.41, 5.74) is -1.20. The average molecular weight is 256 g/mol. The highest BCUT2D eigenvalue weighted by atomic mass is 16.3. The molecule has 0 amide bonds. The molecule has 2 aliphatic rings. The van der Waals surface area contributed by atoms with Crippen LogP contribution in [-0.2, 0) is 0 Å². The van der Waals surface area contributed by atoms with Gasteiger partial charge in [0.15, 0.2) is 0 Å². The van der Waals surface area contributed by atoms with E-state index in [1.165, 1.54) is 0 Å². The standard InChI is InChI=1S/C15H28O3/c1-9(2)10-5-7-14(3)11(16)6-8-15(4,18)13(14)12(10)17/h9-13,16-18H,5-8H2,1-4H3/t10-,11-,12+,13?,14-,15-/m0/s1. The second kappa shape index (κ2) is 4.46. The minimum Gasteiger partial charge on any atom is -0.393 e. The van der Waals surface area contributed by atoms with Gasteiger partial charge >= 0.3 is 0 Å². The zero-order chi connectivity index (χ0) is 13.7. The zero-order valence-corrected chi connectivity index (χ0v) is 12.1. The Morgan fingerprint density at radius 1 is 1.06 bits per heavy atom. The molecule has 0 aromatic heterocycles. The van der Waals surface area contributed by atoms with Crippen LogP contribution in [0.2, 0.25) is 0 Å². The van der Waals surface area contributed by atoms with Crippen molar-refractivity contribution in [2.45, 2.75) is 71.2 Å². The lowest BCUT2D eigenvalue weighted by molar-refractivity contribution is -0.219. The Labute approximate surface area is 110 Å². The van der Waals surface area contributed by atoms with E-state index in [9.17, 15) is 15.3 Å². The van der Waals surface area contributed by atoms with Crippen molar-refractivity contribution in [3.05, 3.63) is 0 Å². The Hall–Kier alpha value is -0.120. The number of aliphatic hydroxyl groups excluding tert-OH is 2. The van der Waals surface area contributed by atoms with Crippen LogP contribution in [0.15, 0.2) is 0 Å². The summed E-state index contributed by atoms with van der Waals surface area (Å²) in [5, 5.41) is 31.6. The molecular weight excluding hydrogens is 228 g/mol. The second-order valence-electron chi connectivity index (χ2n) is 7.33. The maximum atomic E-state index is 10.7. The highest BCUT2D eigenvalue weighted by molar-refractivity contribution is 5.08. The molecule has 0 aliphatic heterocycles. The SMILES string of the molecule is CC(C)[C@@H]1CC[C@]2(C)C([C@@H]1O)[C@@](C)(O)CC[C@@H]2O. The number of hydrogen-bond acceptors (Lipinski definition) is 3. The molecule has 2 fully saturated rings. The molecule has 2 aliphatic carbocycles. The molecule has 0 heterocycles. The first-order valence-electron chi connectivity index (χ1n) is 7.28. The van der Waals surface area contributed by atoms with Gasteiger partial charge in [-0.1, -0.05) is 20.8 Å². The van der Waals surface area contributed by atoms with Crippen LogP contribution in [0.25, 0.3) is 0 Å². The van der Waals surface area contributed by atoms with Crippen molar-refractivity contribution in [1.82, 2.24) is 0 Å². The smallest absolute Gasteiger partial charge is 0.0679 e. The van der Waals surface area contributed by atoms with Crippen molar-refractivity contribution in [2.24, 2.45) is 23.2 Å². The summed E-state index contributed by atoms with van der Waals surface area (Å²) in [6, 6.07) is 0. The van der Waals surface area contributed by atoms with Crippen molar-refractivity contribution in [3.63, 3.8) is 0 Å². The van der Waals surface area contributed by atoms with Crippen molar-refractivity contribution < 1.29 is 15.3 Å². The van der Waals surface area contributed by atoms with Crippen LogP contribution < -0.4 is 0 Å². The molecule has 0 bridgehead atoms. The van der Waals surface area contributed by atoms with Gasteiger partial charge in [0.05, 0.1) is 17.8 Å². The molecule has 18 heavy (non-hydrogen) atoms. The maximum absolute atomic E-state index is 10.7. The zero-order valence-electron chi connectivity index (χ0n) is 12.1. The number of fused-ring (bicyclic) bond motifs is 1. The first kappa shape index (κ1) is 14.3. The largest absolute Gasteiger partial charge is 0.393 e. The van der Waals surface area contributed by atoms with E-state index in [0.29, 0.717) is 18.8 Å². The molecule has 3 N–H and O–H groups in total. The highest BCUT2D eigenvalue weighted by Gasteiger charge is 2.59. The van der Waals surface area contributed by atoms with Crippen LogP contribution in [0.5, 0.6) is 0 Å². The van der Waals surface area contributed by atoms with Crippen LogP contribution in [0.3, 0.4) is 0 Å². The normalized spacial score (nSPS) is 53.3. The van der Waals surface area contributed by atoms with Gasteiger partial charge < -0.3 is 15.3 Å². The minimum atomic E-state index is -0.860. The first-order valence-corrected chi connectivity index (χ1v) is 7.28. The van der Waals surface area contributed by atoms with Gasteiger partial charge in [0.25, 0.3) is 0 Å². The third kappa shape index (κ3) is 2.00. The summed E-state index contributed by atoms with van der Waals surface area (Å²) in [7, 11) is 0. The van der Waals surface area contributed by atoms with E-state index >= 15 is 0 Å². The van der Waals surface area contributed by atoms with Gasteiger partial charge in [0.2, 0.25) is 0 Å². The van der Waals surface area contributed by atoms with Crippen LogP contribution in [0.4, 0.5) is 0 Å². The third-order valence-corrected chi connectivity index (χ3v) is 5.72. The average Bonchev–Trinajstić information content (AvgIpc) is 2.23. The molecule has 2 saturated carbocycles. The lowest BCUT2D eigenvalue weighted by Crippen LogP contribution is -2.63. The predicted molar refractivity (Wildman–Crippen MR) is 71.0 cm³/mol. The van der Waals surface area contributed by atoms with E-state index in [4.69, 9.17) is 0 Å². The van der Waals surface area contributed by atoms with Gasteiger partial charge in [-0.2, -0.15) is 0 Å². The Morgan fingerprint density at radius 2 is 1.67 bits per heavy atom. The van der Waals surface area contributed by atoms with Crippen molar-refractivity contribution in [1.29, 1.82) is 0 Å². The van der Waals surface area contributed by atoms with E-state index in [1.807, 2.05) is 13.8 Å². The molecule has 0 saturated heterocycles. The summed E-state index contributed by atoms with van der Waals surface area (Å²) in [5.74, 6) is 0.439. The van der Waals surface area contributed by atoms with Gasteiger partial charge in [0.1, 0.15) is 0 Å². The molecule has 0 spiro atoms. The van der Waals surface area contributed by atoms with Crippen molar-refractivity contribution >= 4 is 0 Å². The molecule has 6 atom stereocenters. The van der Waals surface area contributed by atoms with Crippen LogP contribution >= 0.6 is 0 Å². The fourth-order valence-corrected chi connectivity index (χ4v) is 4.54. The summed E-state index contributed by atoms with van der Waals surface area (Å²) in [6.45, 7) is 8.12. The lowest BCUT2D eigenvalue weighted by Gasteiger charge is -2.58. The number of hydrogen-bond donors (Lipinski definition) is 3. The molecule has 1 unspecified atom stereocenters. The Bertz CT molecular complexity index is 313. The minimum absolute atomic E-state index is 0.213. The topological polar surface area (TPSA) is 60.7 Å². The number of aliphatic hydroxyl groups is 3. The summed E-state index contributed by atoms with van der Waals surface area (Å²) < 4.78 is 0. The van der Waals surface area contributed by atoms with Gasteiger partial charge in [-0.05, 0) is 44.4 Å². The molecule has 0 aromatic rings. The predicted octanol–water partition coefficient (Wildman–Crippen LogP) is 1.94. The van der Waals surface area contributed by atoms with Gasteiger partial charge in [-0.15, -0.1) is 0 Å². The maximum Gasteiger partial charge on any atom is 0.0679 e. The summed E-state index contributed by atoms with van der Waals surface area (Å²) >= 11 is 0. The van der Waals surface area contributed by atoms with E-state index < -0.39 is 17.8 Å². The quantitative estimate of drug-likeness (QED) is 0.672. The molecule has 2 rings (SSSR count). The molecule has 0 radical (unpaired) electrons. The Balaban J connectivity index is 2.35. The summed E-state index contributed by atoms with van der Waals surface area (Å²) in [4.78, 5) is 0. The fourth-order valence-electron chi connectivity index (χ4n) is 4.54. The van der Waals surface area contributed by atoms with Crippen LogP contribution in [0.1, 0.15) is 53.4 Å². The molecular formula is C15H28O3. The van der Waals surface area contributed by atoms with Gasteiger partial charge in [-0.3, -0.25) is 0 Å². The van der Waals surface area contributed by atoms with E-state index in [0.717, 1.165) is 12.8 Å². The highest BCUT2D eigenvalue weighted by Crippen LogP contribution is 2.56. The van der Waals surface area contributed by atoms with Crippen molar-refractivity contribution in [3.8, 4) is 0 Å². The molecule has 3 nitrogen and oxygen atoms in total. The third-order valence-electron chi connectivity index (χ3n) is 5.72. The van der Waals surface area contributed by atoms with E-state index in [1.54, 1.807) is 0 Å². The number of rotatable bonds is 1. The Morgan fingerprint density at radius 3 is 2.22 bits per heavy atom. The van der Waals surface area contributed by atoms with Crippen LogP contribution in [0, 0.1) is 23.2 Å². The molecule has 0 aromatic carbocycles. The second-order valence-corrected chi connectivity index (χ2v) is 7.33.